The molecule has 8 heteroatoms. The van der Waals surface area contributed by atoms with Crippen LogP contribution < -0.4 is 15.1 Å². The fraction of sp³-hybridized carbons (Fsp3) is 0.267. The van der Waals surface area contributed by atoms with Crippen LogP contribution in [0.15, 0.2) is 24.4 Å². The van der Waals surface area contributed by atoms with Gasteiger partial charge in [0.05, 0.1) is 6.20 Å². The second kappa shape index (κ2) is 6.55. The van der Waals surface area contributed by atoms with Gasteiger partial charge in [-0.15, -0.1) is 0 Å². The summed E-state index contributed by atoms with van der Waals surface area (Å²) in [6.45, 7) is 0. The van der Waals surface area contributed by atoms with E-state index < -0.39 is 17.5 Å². The van der Waals surface area contributed by atoms with E-state index in [1.807, 2.05) is 0 Å². The molecule has 0 fully saturated rings. The van der Waals surface area contributed by atoms with Gasteiger partial charge in [0.2, 0.25) is 5.95 Å². The lowest BCUT2D eigenvalue weighted by molar-refractivity contribution is 0.102. The average Bonchev–Trinajstić information content (AvgIpc) is 2.49. The molecular weight excluding hydrogens is 304 g/mol. The Balaban J connectivity index is 2.31. The summed E-state index contributed by atoms with van der Waals surface area (Å²) in [7, 11) is 7.15. The van der Waals surface area contributed by atoms with E-state index in [2.05, 4.69) is 15.3 Å². The number of hydrogen-bond donors (Lipinski definition) is 1. The highest BCUT2D eigenvalue weighted by molar-refractivity contribution is 6.05. The number of rotatable bonds is 4. The lowest BCUT2D eigenvalue weighted by atomic mass is 10.2. The third-order valence-corrected chi connectivity index (χ3v) is 3.01. The Kier molecular flexibility index (Phi) is 4.73. The highest BCUT2D eigenvalue weighted by Gasteiger charge is 2.15. The number of aromatic nitrogens is 2. The predicted molar refractivity (Wildman–Crippen MR) is 85.0 cm³/mol. The van der Waals surface area contributed by atoms with Gasteiger partial charge in [-0.3, -0.25) is 4.79 Å². The molecule has 0 radical (unpaired) electrons. The molecule has 1 aromatic heterocycles. The van der Waals surface area contributed by atoms with E-state index in [-0.39, 0.29) is 5.56 Å². The fourth-order valence-corrected chi connectivity index (χ4v) is 1.84. The maximum atomic E-state index is 13.2. The van der Waals surface area contributed by atoms with Crippen LogP contribution in [0.4, 0.5) is 26.2 Å². The SMILES string of the molecule is CN(C)c1ncc(NC(=O)c2ccc(F)c(F)c2)c(N(C)C)n1. The van der Waals surface area contributed by atoms with Crippen LogP contribution in [0.25, 0.3) is 0 Å². The third kappa shape index (κ3) is 3.71. The maximum absolute atomic E-state index is 13.2. The molecule has 1 N–H and O–H groups in total. The van der Waals surface area contributed by atoms with Gasteiger partial charge in [0, 0.05) is 33.8 Å². The Labute approximate surface area is 132 Å². The minimum Gasteiger partial charge on any atom is -0.361 e. The second-order valence-corrected chi connectivity index (χ2v) is 5.28. The minimum atomic E-state index is -1.08. The predicted octanol–water partition coefficient (Wildman–Crippen LogP) is 2.14. The first-order valence-corrected chi connectivity index (χ1v) is 6.77. The van der Waals surface area contributed by atoms with Gasteiger partial charge in [-0.1, -0.05) is 0 Å². The Hall–Kier alpha value is -2.77. The molecule has 0 unspecified atom stereocenters. The summed E-state index contributed by atoms with van der Waals surface area (Å²) in [5.74, 6) is -1.67. The van der Waals surface area contributed by atoms with Crippen molar-refractivity contribution >= 4 is 23.4 Å². The first kappa shape index (κ1) is 16.6. The number of anilines is 3. The van der Waals surface area contributed by atoms with Gasteiger partial charge in [0.1, 0.15) is 5.69 Å². The Bertz CT molecular complexity index is 734. The van der Waals surface area contributed by atoms with Gasteiger partial charge in [0.25, 0.3) is 5.91 Å². The lowest BCUT2D eigenvalue weighted by Gasteiger charge is -2.19. The van der Waals surface area contributed by atoms with Gasteiger partial charge in [-0.25, -0.2) is 13.8 Å². The molecule has 0 saturated heterocycles. The van der Waals surface area contributed by atoms with E-state index in [0.29, 0.717) is 17.5 Å². The second-order valence-electron chi connectivity index (χ2n) is 5.28. The molecule has 0 bridgehead atoms. The third-order valence-electron chi connectivity index (χ3n) is 3.01. The summed E-state index contributed by atoms with van der Waals surface area (Å²) < 4.78 is 26.2. The fourth-order valence-electron chi connectivity index (χ4n) is 1.84. The molecule has 2 aromatic rings. The summed E-state index contributed by atoms with van der Waals surface area (Å²) in [5.41, 5.74) is 0.376. The van der Waals surface area contributed by atoms with E-state index >= 15 is 0 Å². The molecule has 122 valence electrons. The van der Waals surface area contributed by atoms with Crippen molar-refractivity contribution in [1.29, 1.82) is 0 Å². The van der Waals surface area contributed by atoms with Crippen LogP contribution in [0, 0.1) is 11.6 Å². The number of halogens is 2. The van der Waals surface area contributed by atoms with Crippen LogP contribution in [0.2, 0.25) is 0 Å². The largest absolute Gasteiger partial charge is 0.361 e. The van der Waals surface area contributed by atoms with E-state index in [0.717, 1.165) is 12.1 Å². The highest BCUT2D eigenvalue weighted by atomic mass is 19.2. The van der Waals surface area contributed by atoms with E-state index in [1.165, 1.54) is 12.3 Å². The smallest absolute Gasteiger partial charge is 0.255 e. The van der Waals surface area contributed by atoms with Gasteiger partial charge in [0.15, 0.2) is 17.5 Å². The topological polar surface area (TPSA) is 61.4 Å². The van der Waals surface area contributed by atoms with Crippen LogP contribution in [0.5, 0.6) is 0 Å². The number of nitrogens with zero attached hydrogens (tertiary/aromatic N) is 4. The van der Waals surface area contributed by atoms with Gasteiger partial charge in [-0.2, -0.15) is 4.98 Å². The van der Waals surface area contributed by atoms with E-state index in [4.69, 9.17) is 0 Å². The van der Waals surface area contributed by atoms with E-state index in [9.17, 15) is 13.6 Å². The molecule has 0 atom stereocenters. The lowest BCUT2D eigenvalue weighted by Crippen LogP contribution is -2.21. The first-order valence-electron chi connectivity index (χ1n) is 6.77. The molecule has 6 nitrogen and oxygen atoms in total. The molecule has 0 aliphatic carbocycles. The van der Waals surface area contributed by atoms with E-state index in [1.54, 1.807) is 38.0 Å². The number of nitrogens with one attached hydrogen (secondary N) is 1. The summed E-state index contributed by atoms with van der Waals surface area (Å²) in [5, 5.41) is 2.61. The summed E-state index contributed by atoms with van der Waals surface area (Å²) in [6.07, 6.45) is 1.47. The maximum Gasteiger partial charge on any atom is 0.255 e. The highest BCUT2D eigenvalue weighted by Crippen LogP contribution is 2.23. The normalized spacial score (nSPS) is 10.3. The van der Waals surface area contributed by atoms with Gasteiger partial charge < -0.3 is 15.1 Å². The quantitative estimate of drug-likeness (QED) is 0.935. The van der Waals surface area contributed by atoms with Crippen LogP contribution >= 0.6 is 0 Å². The zero-order chi connectivity index (χ0) is 17.1. The van der Waals surface area contributed by atoms with Crippen LogP contribution in [0.3, 0.4) is 0 Å². The zero-order valence-corrected chi connectivity index (χ0v) is 13.3. The Morgan fingerprint density at radius 3 is 2.35 bits per heavy atom. The number of hydrogen-bond acceptors (Lipinski definition) is 5. The number of benzene rings is 1. The Morgan fingerprint density at radius 1 is 1.09 bits per heavy atom. The van der Waals surface area contributed by atoms with Crippen molar-refractivity contribution < 1.29 is 13.6 Å². The van der Waals surface area contributed by atoms with Gasteiger partial charge in [-0.05, 0) is 18.2 Å². The molecule has 0 saturated carbocycles. The first-order chi connectivity index (χ1) is 10.8. The summed E-state index contributed by atoms with van der Waals surface area (Å²) in [4.78, 5) is 24.1. The summed E-state index contributed by atoms with van der Waals surface area (Å²) >= 11 is 0. The average molecular weight is 321 g/mol. The number of amides is 1. The molecule has 0 aliphatic heterocycles. The molecule has 1 aromatic carbocycles. The summed E-state index contributed by atoms with van der Waals surface area (Å²) in [6, 6.07) is 2.95. The monoisotopic (exact) mass is 321 g/mol. The molecule has 0 spiro atoms. The van der Waals surface area contributed by atoms with Crippen LogP contribution in [-0.2, 0) is 0 Å². The van der Waals surface area contributed by atoms with Crippen molar-refractivity contribution in [2.75, 3.05) is 43.3 Å². The van der Waals surface area contributed by atoms with Crippen molar-refractivity contribution in [3.05, 3.63) is 41.6 Å². The standard InChI is InChI=1S/C15H17F2N5O/c1-21(2)13-12(8-18-15(20-13)22(3)4)19-14(23)9-5-6-10(16)11(17)7-9/h5-8H,1-4H3,(H,19,23). The molecule has 2 rings (SSSR count). The van der Waals surface area contributed by atoms with Crippen molar-refractivity contribution in [2.24, 2.45) is 0 Å². The zero-order valence-electron chi connectivity index (χ0n) is 13.3. The van der Waals surface area contributed by atoms with Crippen molar-refractivity contribution in [3.8, 4) is 0 Å². The van der Waals surface area contributed by atoms with Crippen LogP contribution in [0.1, 0.15) is 10.4 Å². The molecule has 23 heavy (non-hydrogen) atoms. The van der Waals surface area contributed by atoms with Gasteiger partial charge >= 0.3 is 0 Å². The molecule has 1 amide bonds. The molecule has 0 aliphatic rings. The van der Waals surface area contributed by atoms with Crippen molar-refractivity contribution in [3.63, 3.8) is 0 Å². The number of carbonyl (C=O) groups is 1. The van der Waals surface area contributed by atoms with Crippen LogP contribution in [-0.4, -0.2) is 44.1 Å². The minimum absolute atomic E-state index is 0.00490. The molecule has 1 heterocycles. The van der Waals surface area contributed by atoms with Crippen molar-refractivity contribution in [1.82, 2.24) is 9.97 Å². The Morgan fingerprint density at radius 2 is 1.78 bits per heavy atom. The molecular formula is C15H17F2N5O. The van der Waals surface area contributed by atoms with Crippen molar-refractivity contribution in [2.45, 2.75) is 0 Å². The number of carbonyl (C=O) groups excluding carboxylic acids is 1.